The summed E-state index contributed by atoms with van der Waals surface area (Å²) >= 11 is 0. The molecule has 0 aliphatic heterocycles. The molecule has 0 amide bonds. The number of carbonyl (C=O) groups excluding carboxylic acids is 1. The van der Waals surface area contributed by atoms with Crippen molar-refractivity contribution in [2.24, 2.45) is 11.3 Å². The van der Waals surface area contributed by atoms with E-state index in [1.165, 1.54) is 11.1 Å². The molecule has 0 aromatic heterocycles. The Bertz CT molecular complexity index is 559. The van der Waals surface area contributed by atoms with E-state index in [1.54, 1.807) is 7.11 Å². The standard InChI is InChI=1S/C18H24O2/c1-17(2)10-9-16(19)18(3)14-7-6-13(20-4)11-12(14)5-8-15(17)18/h6-7,11,15H,5,8-10H2,1-4H3/t15-,18+/m1/s1. The monoisotopic (exact) mass is 272 g/mol. The van der Waals surface area contributed by atoms with E-state index in [0.717, 1.165) is 25.0 Å². The summed E-state index contributed by atoms with van der Waals surface area (Å²) < 4.78 is 5.33. The number of carbonyl (C=O) groups is 1. The van der Waals surface area contributed by atoms with Crippen LogP contribution < -0.4 is 4.74 Å². The van der Waals surface area contributed by atoms with Crippen LogP contribution in [0.3, 0.4) is 0 Å². The van der Waals surface area contributed by atoms with Crippen molar-refractivity contribution >= 4 is 5.78 Å². The molecule has 0 unspecified atom stereocenters. The third-order valence-electron chi connectivity index (χ3n) is 5.79. The van der Waals surface area contributed by atoms with Gasteiger partial charge in [-0.3, -0.25) is 4.79 Å². The second kappa shape index (κ2) is 4.34. The third kappa shape index (κ3) is 1.73. The lowest BCUT2D eigenvalue weighted by Crippen LogP contribution is -2.53. The lowest BCUT2D eigenvalue weighted by Gasteiger charge is -2.53. The van der Waals surface area contributed by atoms with E-state index in [-0.39, 0.29) is 10.8 Å². The van der Waals surface area contributed by atoms with Gasteiger partial charge in [0.05, 0.1) is 12.5 Å². The predicted octanol–water partition coefficient (Wildman–Crippen LogP) is 3.90. The molecule has 0 bridgehead atoms. The SMILES string of the molecule is COc1ccc2c(c1)CC[C@@H]1C(C)(C)CCC(=O)[C@@]21C. The molecule has 108 valence electrons. The maximum absolute atomic E-state index is 12.7. The molecular weight excluding hydrogens is 248 g/mol. The first-order valence-corrected chi connectivity index (χ1v) is 7.60. The zero-order valence-electron chi connectivity index (χ0n) is 13.0. The predicted molar refractivity (Wildman–Crippen MR) is 80.2 cm³/mol. The van der Waals surface area contributed by atoms with Gasteiger partial charge in [-0.05, 0) is 60.8 Å². The van der Waals surface area contributed by atoms with Crippen molar-refractivity contribution < 1.29 is 9.53 Å². The van der Waals surface area contributed by atoms with Crippen molar-refractivity contribution in [3.63, 3.8) is 0 Å². The van der Waals surface area contributed by atoms with Crippen LogP contribution in [0.5, 0.6) is 5.75 Å². The van der Waals surface area contributed by atoms with Gasteiger partial charge < -0.3 is 4.74 Å². The highest BCUT2D eigenvalue weighted by molar-refractivity contribution is 5.92. The van der Waals surface area contributed by atoms with Gasteiger partial charge in [0.15, 0.2) is 0 Å². The van der Waals surface area contributed by atoms with Crippen molar-refractivity contribution in [1.82, 2.24) is 0 Å². The summed E-state index contributed by atoms with van der Waals surface area (Å²) in [5, 5.41) is 0. The first kappa shape index (κ1) is 13.7. The van der Waals surface area contributed by atoms with E-state index in [9.17, 15) is 4.79 Å². The number of Topliss-reactive ketones (excluding diaryl/α,β-unsaturated/α-hetero) is 1. The maximum Gasteiger partial charge on any atom is 0.143 e. The van der Waals surface area contributed by atoms with Gasteiger partial charge >= 0.3 is 0 Å². The molecule has 1 saturated carbocycles. The van der Waals surface area contributed by atoms with Crippen molar-refractivity contribution in [3.8, 4) is 5.75 Å². The Kier molecular flexibility index (Phi) is 2.97. The van der Waals surface area contributed by atoms with E-state index in [4.69, 9.17) is 4.74 Å². The van der Waals surface area contributed by atoms with Crippen molar-refractivity contribution in [3.05, 3.63) is 29.3 Å². The van der Waals surface area contributed by atoms with E-state index in [0.29, 0.717) is 18.1 Å². The van der Waals surface area contributed by atoms with E-state index < -0.39 is 0 Å². The molecule has 0 N–H and O–H groups in total. The van der Waals surface area contributed by atoms with Gasteiger partial charge in [-0.25, -0.2) is 0 Å². The van der Waals surface area contributed by atoms with Crippen molar-refractivity contribution in [2.45, 2.75) is 51.9 Å². The Labute approximate surface area is 121 Å². The summed E-state index contributed by atoms with van der Waals surface area (Å²) in [6, 6.07) is 6.24. The zero-order valence-corrected chi connectivity index (χ0v) is 13.0. The number of ketones is 1. The Morgan fingerprint density at radius 2 is 1.95 bits per heavy atom. The van der Waals surface area contributed by atoms with Crippen LogP contribution in [0.2, 0.25) is 0 Å². The van der Waals surface area contributed by atoms with Crippen LogP contribution >= 0.6 is 0 Å². The molecule has 2 aliphatic rings. The van der Waals surface area contributed by atoms with Crippen LogP contribution in [0.1, 0.15) is 51.2 Å². The number of benzene rings is 1. The van der Waals surface area contributed by atoms with Crippen LogP contribution in [0.15, 0.2) is 18.2 Å². The zero-order chi connectivity index (χ0) is 14.5. The second-order valence-electron chi connectivity index (χ2n) is 7.23. The van der Waals surface area contributed by atoms with Gasteiger partial charge in [-0.15, -0.1) is 0 Å². The molecule has 20 heavy (non-hydrogen) atoms. The molecule has 2 aliphatic carbocycles. The van der Waals surface area contributed by atoms with Gasteiger partial charge in [-0.2, -0.15) is 0 Å². The van der Waals surface area contributed by atoms with Crippen LogP contribution in [-0.4, -0.2) is 12.9 Å². The summed E-state index contributed by atoms with van der Waals surface area (Å²) in [6.07, 6.45) is 3.90. The normalized spacial score (nSPS) is 31.4. The number of methoxy groups -OCH3 is 1. The summed E-state index contributed by atoms with van der Waals surface area (Å²) in [4.78, 5) is 12.7. The fourth-order valence-corrected chi connectivity index (χ4v) is 4.57. The third-order valence-corrected chi connectivity index (χ3v) is 5.79. The highest BCUT2D eigenvalue weighted by Gasteiger charge is 2.54. The van der Waals surface area contributed by atoms with Crippen LogP contribution in [0.25, 0.3) is 0 Å². The van der Waals surface area contributed by atoms with Crippen LogP contribution in [-0.2, 0) is 16.6 Å². The largest absolute Gasteiger partial charge is 0.497 e. The number of ether oxygens (including phenoxy) is 1. The Morgan fingerprint density at radius 1 is 1.20 bits per heavy atom. The molecule has 3 rings (SSSR count). The minimum atomic E-state index is -0.304. The first-order valence-electron chi connectivity index (χ1n) is 7.60. The second-order valence-corrected chi connectivity index (χ2v) is 7.23. The van der Waals surface area contributed by atoms with Gasteiger partial charge in [0.25, 0.3) is 0 Å². The minimum absolute atomic E-state index is 0.250. The molecule has 0 spiro atoms. The summed E-state index contributed by atoms with van der Waals surface area (Å²) in [5.41, 5.74) is 2.49. The first-order chi connectivity index (χ1) is 9.39. The number of fused-ring (bicyclic) bond motifs is 3. The Hall–Kier alpha value is -1.31. The van der Waals surface area contributed by atoms with E-state index in [2.05, 4.69) is 32.9 Å². The summed E-state index contributed by atoms with van der Waals surface area (Å²) in [5.74, 6) is 1.78. The molecular formula is C18H24O2. The fourth-order valence-electron chi connectivity index (χ4n) is 4.57. The Morgan fingerprint density at radius 3 is 2.65 bits per heavy atom. The lowest BCUT2D eigenvalue weighted by molar-refractivity contribution is -0.134. The van der Waals surface area contributed by atoms with Crippen LogP contribution in [0.4, 0.5) is 0 Å². The van der Waals surface area contributed by atoms with Crippen molar-refractivity contribution in [2.75, 3.05) is 7.11 Å². The number of rotatable bonds is 1. The molecule has 1 fully saturated rings. The number of aryl methyl sites for hydroxylation is 1. The molecule has 0 saturated heterocycles. The number of hydrogen-bond acceptors (Lipinski definition) is 2. The quantitative estimate of drug-likeness (QED) is 0.775. The average Bonchev–Trinajstić information content (AvgIpc) is 2.43. The van der Waals surface area contributed by atoms with E-state index >= 15 is 0 Å². The molecule has 0 heterocycles. The van der Waals surface area contributed by atoms with Crippen LogP contribution in [0, 0.1) is 11.3 Å². The topological polar surface area (TPSA) is 26.3 Å². The number of hydrogen-bond donors (Lipinski definition) is 0. The average molecular weight is 272 g/mol. The maximum atomic E-state index is 12.7. The molecule has 0 radical (unpaired) electrons. The highest BCUT2D eigenvalue weighted by atomic mass is 16.5. The highest BCUT2D eigenvalue weighted by Crippen LogP contribution is 2.55. The van der Waals surface area contributed by atoms with Gasteiger partial charge in [0.2, 0.25) is 0 Å². The fraction of sp³-hybridized carbons (Fsp3) is 0.611. The smallest absolute Gasteiger partial charge is 0.143 e. The van der Waals surface area contributed by atoms with Gasteiger partial charge in [-0.1, -0.05) is 19.9 Å². The summed E-state index contributed by atoms with van der Waals surface area (Å²) in [6.45, 7) is 6.83. The molecule has 2 atom stereocenters. The molecule has 2 heteroatoms. The summed E-state index contributed by atoms with van der Waals surface area (Å²) in [7, 11) is 1.70. The molecule has 1 aromatic rings. The Balaban J connectivity index is 2.15. The van der Waals surface area contributed by atoms with Crippen molar-refractivity contribution in [1.29, 1.82) is 0 Å². The minimum Gasteiger partial charge on any atom is -0.497 e. The molecule has 2 nitrogen and oxygen atoms in total. The van der Waals surface area contributed by atoms with Gasteiger partial charge in [0, 0.05) is 6.42 Å². The lowest BCUT2D eigenvalue weighted by atomic mass is 9.50. The van der Waals surface area contributed by atoms with E-state index in [1.807, 2.05) is 6.07 Å². The molecule has 1 aromatic carbocycles. The van der Waals surface area contributed by atoms with Gasteiger partial charge in [0.1, 0.15) is 11.5 Å².